The molecule has 1 aliphatic heterocycles. The van der Waals surface area contributed by atoms with Crippen LogP contribution in [0.3, 0.4) is 0 Å². The Bertz CT molecular complexity index is 880. The summed E-state index contributed by atoms with van der Waals surface area (Å²) in [7, 11) is -3.71. The number of halogens is 1. The highest BCUT2D eigenvalue weighted by Gasteiger charge is 2.32. The minimum absolute atomic E-state index is 0.0110. The summed E-state index contributed by atoms with van der Waals surface area (Å²) in [5, 5.41) is 5.75. The maximum Gasteiger partial charge on any atom is 0.278 e. The predicted octanol–water partition coefficient (Wildman–Crippen LogP) is 1.05. The molecule has 0 saturated carbocycles. The lowest BCUT2D eigenvalue weighted by atomic mass is 9.99. The molecule has 146 valence electrons. The van der Waals surface area contributed by atoms with Crippen molar-refractivity contribution in [2.75, 3.05) is 26.2 Å². The first kappa shape index (κ1) is 19.4. The van der Waals surface area contributed by atoms with Crippen LogP contribution in [-0.4, -0.2) is 64.9 Å². The van der Waals surface area contributed by atoms with Crippen molar-refractivity contribution in [2.24, 2.45) is 5.92 Å². The van der Waals surface area contributed by atoms with E-state index >= 15 is 0 Å². The predicted molar refractivity (Wildman–Crippen MR) is 95.6 cm³/mol. The third-order valence-corrected chi connectivity index (χ3v) is 6.43. The lowest BCUT2D eigenvalue weighted by Gasteiger charge is -2.34. The first-order chi connectivity index (χ1) is 12.9. The molecule has 8 nitrogen and oxygen atoms in total. The standard InChI is InChI=1S/C17H22FN5O3S/c1-13(5-6-14-3-2-4-15(18)11-14)16(24)22-7-9-23(10-8-22)27(25,26)17-19-12-20-21-17/h2-4,11-13H,5-10H2,1H3,(H,19,20,21). The Morgan fingerprint density at radius 1 is 1.30 bits per heavy atom. The molecule has 0 bridgehead atoms. The van der Waals surface area contributed by atoms with Crippen LogP contribution in [0.25, 0.3) is 0 Å². The molecule has 3 rings (SSSR count). The molecule has 1 N–H and O–H groups in total. The number of nitrogens with one attached hydrogen (secondary N) is 1. The number of H-pyrrole nitrogens is 1. The second-order valence-corrected chi connectivity index (χ2v) is 8.44. The highest BCUT2D eigenvalue weighted by molar-refractivity contribution is 7.88. The Balaban J connectivity index is 1.52. The molecule has 1 aromatic carbocycles. The highest BCUT2D eigenvalue weighted by atomic mass is 32.2. The molecule has 2 heterocycles. The van der Waals surface area contributed by atoms with Crippen molar-refractivity contribution in [3.8, 4) is 0 Å². The normalized spacial score (nSPS) is 17.0. The third-order valence-electron chi connectivity index (χ3n) is 4.70. The van der Waals surface area contributed by atoms with Crippen LogP contribution in [0.1, 0.15) is 18.9 Å². The summed E-state index contributed by atoms with van der Waals surface area (Å²) in [6, 6.07) is 6.37. The quantitative estimate of drug-likeness (QED) is 0.788. The fraction of sp³-hybridized carbons (Fsp3) is 0.471. The zero-order chi connectivity index (χ0) is 19.4. The molecule has 1 unspecified atom stereocenters. The van der Waals surface area contributed by atoms with Crippen molar-refractivity contribution in [1.29, 1.82) is 0 Å². The molecule has 0 aliphatic carbocycles. The third kappa shape index (κ3) is 4.51. The van der Waals surface area contributed by atoms with Gasteiger partial charge < -0.3 is 4.90 Å². The number of aryl methyl sites for hydroxylation is 1. The number of piperazine rings is 1. The minimum atomic E-state index is -3.71. The number of benzene rings is 1. The van der Waals surface area contributed by atoms with Gasteiger partial charge >= 0.3 is 0 Å². The van der Waals surface area contributed by atoms with Crippen LogP contribution in [0.4, 0.5) is 4.39 Å². The summed E-state index contributed by atoms with van der Waals surface area (Å²) in [6.07, 6.45) is 2.37. The summed E-state index contributed by atoms with van der Waals surface area (Å²) >= 11 is 0. The monoisotopic (exact) mass is 395 g/mol. The maximum atomic E-state index is 13.2. The molecular weight excluding hydrogens is 373 g/mol. The van der Waals surface area contributed by atoms with Crippen LogP contribution in [0.5, 0.6) is 0 Å². The molecule has 1 aromatic heterocycles. The first-order valence-corrected chi connectivity index (χ1v) is 10.2. The number of carbonyl (C=O) groups excluding carboxylic acids is 1. The van der Waals surface area contributed by atoms with Gasteiger partial charge in [-0.25, -0.2) is 22.9 Å². The molecule has 27 heavy (non-hydrogen) atoms. The zero-order valence-corrected chi connectivity index (χ0v) is 15.8. The lowest BCUT2D eigenvalue weighted by molar-refractivity contribution is -0.136. The number of carbonyl (C=O) groups is 1. The van der Waals surface area contributed by atoms with Gasteiger partial charge in [0.05, 0.1) is 0 Å². The van der Waals surface area contributed by atoms with E-state index in [0.717, 1.165) is 11.9 Å². The summed E-state index contributed by atoms with van der Waals surface area (Å²) < 4.78 is 39.3. The number of sulfonamides is 1. The molecule has 1 fully saturated rings. The topological polar surface area (TPSA) is 99.3 Å². The number of hydrogen-bond acceptors (Lipinski definition) is 5. The van der Waals surface area contributed by atoms with Crippen LogP contribution in [0, 0.1) is 11.7 Å². The molecule has 10 heteroatoms. The Morgan fingerprint density at radius 3 is 2.67 bits per heavy atom. The van der Waals surface area contributed by atoms with E-state index in [0.29, 0.717) is 25.9 Å². The van der Waals surface area contributed by atoms with Gasteiger partial charge in [-0.1, -0.05) is 19.1 Å². The van der Waals surface area contributed by atoms with Gasteiger partial charge in [-0.2, -0.15) is 9.40 Å². The van der Waals surface area contributed by atoms with Crippen LogP contribution >= 0.6 is 0 Å². The fourth-order valence-electron chi connectivity index (χ4n) is 3.10. The second-order valence-electron chi connectivity index (χ2n) is 6.59. The first-order valence-electron chi connectivity index (χ1n) is 8.76. The highest BCUT2D eigenvalue weighted by Crippen LogP contribution is 2.17. The number of hydrogen-bond donors (Lipinski definition) is 1. The van der Waals surface area contributed by atoms with Crippen molar-refractivity contribution in [1.82, 2.24) is 24.4 Å². The Hall–Kier alpha value is -2.33. The van der Waals surface area contributed by atoms with E-state index < -0.39 is 10.0 Å². The number of rotatable bonds is 6. The smallest absolute Gasteiger partial charge is 0.278 e. The summed E-state index contributed by atoms with van der Waals surface area (Å²) in [5.41, 5.74) is 0.859. The van der Waals surface area contributed by atoms with Gasteiger partial charge in [0.1, 0.15) is 12.1 Å². The van der Waals surface area contributed by atoms with E-state index in [9.17, 15) is 17.6 Å². The number of aromatic amines is 1. The van der Waals surface area contributed by atoms with Crippen molar-refractivity contribution >= 4 is 15.9 Å². The van der Waals surface area contributed by atoms with Crippen molar-refractivity contribution in [2.45, 2.75) is 24.9 Å². The Kier molecular flexibility index (Phi) is 5.85. The van der Waals surface area contributed by atoms with Crippen LogP contribution in [0.15, 0.2) is 35.7 Å². The molecular formula is C17H22FN5O3S. The summed E-state index contributed by atoms with van der Waals surface area (Å²) in [4.78, 5) is 18.0. The second kappa shape index (κ2) is 8.13. The van der Waals surface area contributed by atoms with Gasteiger partial charge in [0.2, 0.25) is 5.91 Å². The van der Waals surface area contributed by atoms with E-state index in [4.69, 9.17) is 0 Å². The van der Waals surface area contributed by atoms with Gasteiger partial charge in [0.25, 0.3) is 15.2 Å². The van der Waals surface area contributed by atoms with Crippen molar-refractivity contribution in [3.05, 3.63) is 42.0 Å². The van der Waals surface area contributed by atoms with E-state index in [1.54, 1.807) is 11.0 Å². The maximum absolute atomic E-state index is 13.2. The molecule has 1 saturated heterocycles. The van der Waals surface area contributed by atoms with E-state index in [1.807, 2.05) is 13.0 Å². The zero-order valence-electron chi connectivity index (χ0n) is 15.0. The van der Waals surface area contributed by atoms with Gasteiger partial charge in [-0.3, -0.25) is 4.79 Å². The molecule has 0 spiro atoms. The Morgan fingerprint density at radius 2 is 2.04 bits per heavy atom. The van der Waals surface area contributed by atoms with Gasteiger partial charge in [-0.05, 0) is 30.5 Å². The largest absolute Gasteiger partial charge is 0.340 e. The minimum Gasteiger partial charge on any atom is -0.340 e. The van der Waals surface area contributed by atoms with Gasteiger partial charge in [0, 0.05) is 32.1 Å². The molecule has 1 aliphatic rings. The van der Waals surface area contributed by atoms with Crippen molar-refractivity contribution < 1.29 is 17.6 Å². The van der Waals surface area contributed by atoms with E-state index in [1.165, 1.54) is 16.4 Å². The molecule has 2 aromatic rings. The van der Waals surface area contributed by atoms with Crippen molar-refractivity contribution in [3.63, 3.8) is 0 Å². The summed E-state index contributed by atoms with van der Waals surface area (Å²) in [5.74, 6) is -0.510. The number of amides is 1. The van der Waals surface area contributed by atoms with E-state index in [-0.39, 0.29) is 35.9 Å². The van der Waals surface area contributed by atoms with Crippen LogP contribution in [0.2, 0.25) is 0 Å². The lowest BCUT2D eigenvalue weighted by Crippen LogP contribution is -2.51. The van der Waals surface area contributed by atoms with Gasteiger partial charge in [-0.15, -0.1) is 0 Å². The fourth-order valence-corrected chi connectivity index (χ4v) is 4.34. The molecule has 1 amide bonds. The molecule has 0 radical (unpaired) electrons. The average molecular weight is 395 g/mol. The number of nitrogens with zero attached hydrogens (tertiary/aromatic N) is 4. The van der Waals surface area contributed by atoms with Crippen LogP contribution < -0.4 is 0 Å². The number of aromatic nitrogens is 3. The molecule has 1 atom stereocenters. The SMILES string of the molecule is CC(CCc1cccc(F)c1)C(=O)N1CCN(S(=O)(=O)c2ncn[nH]2)CC1. The van der Waals surface area contributed by atoms with E-state index in [2.05, 4.69) is 15.2 Å². The van der Waals surface area contributed by atoms with Crippen LogP contribution in [-0.2, 0) is 21.2 Å². The average Bonchev–Trinajstić information content (AvgIpc) is 3.21. The van der Waals surface area contributed by atoms with Gasteiger partial charge in [0.15, 0.2) is 0 Å². The Labute approximate surface area is 157 Å². The summed E-state index contributed by atoms with van der Waals surface area (Å²) in [6.45, 7) is 2.93.